The number of halogens is 1. The van der Waals surface area contributed by atoms with E-state index in [1.54, 1.807) is 27.9 Å². The molecule has 6 nitrogen and oxygen atoms in total. The van der Waals surface area contributed by atoms with Gasteiger partial charge in [-0.15, -0.1) is 0 Å². The van der Waals surface area contributed by atoms with E-state index in [0.717, 1.165) is 33.9 Å². The lowest BCUT2D eigenvalue weighted by molar-refractivity contribution is 0.415. The van der Waals surface area contributed by atoms with E-state index in [9.17, 15) is 9.65 Å². The Morgan fingerprint density at radius 2 is 2.04 bits per heavy atom. The lowest BCUT2D eigenvalue weighted by Gasteiger charge is -2.12. The molecule has 1 aliphatic rings. The van der Waals surface area contributed by atoms with Crippen LogP contribution in [-0.4, -0.2) is 19.7 Å². The highest BCUT2D eigenvalue weighted by Gasteiger charge is 2.24. The normalized spacial score (nSPS) is 12.7. The highest BCUT2D eigenvalue weighted by Crippen LogP contribution is 2.33. The zero-order chi connectivity index (χ0) is 18.1. The van der Waals surface area contributed by atoms with Gasteiger partial charge in [-0.3, -0.25) is 4.68 Å². The second kappa shape index (κ2) is 6.48. The zero-order valence-corrected chi connectivity index (χ0v) is 14.3. The first kappa shape index (κ1) is 16.1. The van der Waals surface area contributed by atoms with E-state index in [0.29, 0.717) is 19.6 Å². The number of nitrogens with one attached hydrogen (secondary N) is 1. The highest BCUT2D eigenvalue weighted by atomic mass is 19.1. The average Bonchev–Trinajstić information content (AvgIpc) is 3.25. The first-order valence-corrected chi connectivity index (χ1v) is 8.28. The number of nitrogens with zero attached hydrogens (tertiary/aromatic N) is 5. The smallest absolute Gasteiger partial charge is 0.180 e. The second-order valence-corrected chi connectivity index (χ2v) is 6.24. The monoisotopic (exact) mass is 348 g/mol. The molecule has 130 valence electrons. The maximum atomic E-state index is 13.3. The topological polar surface area (TPSA) is 69.8 Å². The third-order valence-electron chi connectivity index (χ3n) is 4.57. The molecular weight excluding hydrogens is 331 g/mol. The summed E-state index contributed by atoms with van der Waals surface area (Å²) in [6.07, 6.45) is 3.93. The molecule has 3 aromatic rings. The second-order valence-electron chi connectivity index (χ2n) is 6.24. The van der Waals surface area contributed by atoms with Crippen LogP contribution in [0.15, 0.2) is 42.6 Å². The van der Waals surface area contributed by atoms with Crippen molar-refractivity contribution in [1.29, 1.82) is 5.26 Å². The van der Waals surface area contributed by atoms with Gasteiger partial charge in [-0.1, -0.05) is 12.1 Å². The molecule has 2 aromatic heterocycles. The van der Waals surface area contributed by atoms with Gasteiger partial charge in [0.25, 0.3) is 0 Å². The van der Waals surface area contributed by atoms with Crippen molar-refractivity contribution in [2.75, 3.05) is 5.32 Å². The molecule has 0 radical (unpaired) electrons. The van der Waals surface area contributed by atoms with Gasteiger partial charge in [0.15, 0.2) is 6.19 Å². The van der Waals surface area contributed by atoms with E-state index in [2.05, 4.69) is 21.6 Å². The molecule has 0 spiro atoms. The number of aryl methyl sites for hydroxylation is 1. The van der Waals surface area contributed by atoms with E-state index < -0.39 is 0 Å². The molecule has 1 aliphatic heterocycles. The predicted molar refractivity (Wildman–Crippen MR) is 95.0 cm³/mol. The van der Waals surface area contributed by atoms with Crippen LogP contribution < -0.4 is 5.32 Å². The van der Waals surface area contributed by atoms with Gasteiger partial charge in [0.05, 0.1) is 31.0 Å². The van der Waals surface area contributed by atoms with Crippen LogP contribution >= 0.6 is 0 Å². The maximum absolute atomic E-state index is 13.3. The van der Waals surface area contributed by atoms with Crippen molar-refractivity contribution in [2.24, 2.45) is 7.05 Å². The van der Waals surface area contributed by atoms with Crippen LogP contribution in [0.5, 0.6) is 0 Å². The molecule has 0 fully saturated rings. The molecule has 0 aliphatic carbocycles. The van der Waals surface area contributed by atoms with Gasteiger partial charge in [0.1, 0.15) is 11.6 Å². The van der Waals surface area contributed by atoms with Crippen LogP contribution in [0.4, 0.5) is 10.2 Å². The number of pyridine rings is 1. The van der Waals surface area contributed by atoms with Gasteiger partial charge in [-0.2, -0.15) is 10.4 Å². The Balaban J connectivity index is 1.70. The van der Waals surface area contributed by atoms with Gasteiger partial charge in [-0.05, 0) is 35.4 Å². The van der Waals surface area contributed by atoms with Crippen molar-refractivity contribution >= 4 is 5.82 Å². The predicted octanol–water partition coefficient (Wildman–Crippen LogP) is 3.03. The lowest BCUT2D eigenvalue weighted by atomic mass is 10.00. The largest absolute Gasteiger partial charge is 0.364 e. The quantitative estimate of drug-likeness (QED) is 0.734. The van der Waals surface area contributed by atoms with Crippen molar-refractivity contribution < 1.29 is 4.39 Å². The number of anilines is 1. The van der Waals surface area contributed by atoms with Crippen LogP contribution in [0.3, 0.4) is 0 Å². The SMILES string of the molecule is Cn1nccc1CNc1cc(-c2ccc(F)cc2)c2c(n1)CN(C#N)C2. The number of benzene rings is 1. The summed E-state index contributed by atoms with van der Waals surface area (Å²) in [6, 6.07) is 10.3. The molecule has 0 bridgehead atoms. The molecule has 4 rings (SSSR count). The fourth-order valence-electron chi connectivity index (χ4n) is 3.16. The summed E-state index contributed by atoms with van der Waals surface area (Å²) in [4.78, 5) is 6.34. The third kappa shape index (κ3) is 2.97. The summed E-state index contributed by atoms with van der Waals surface area (Å²) in [7, 11) is 1.89. The Kier molecular flexibility index (Phi) is 4.01. The van der Waals surface area contributed by atoms with Crippen LogP contribution in [0.2, 0.25) is 0 Å². The van der Waals surface area contributed by atoms with E-state index >= 15 is 0 Å². The Morgan fingerprint density at radius 1 is 1.23 bits per heavy atom. The van der Waals surface area contributed by atoms with E-state index in [1.165, 1.54) is 12.1 Å². The Hall–Kier alpha value is -3.40. The molecule has 1 aromatic carbocycles. The molecule has 0 atom stereocenters. The number of rotatable bonds is 4. The number of hydrogen-bond donors (Lipinski definition) is 1. The summed E-state index contributed by atoms with van der Waals surface area (Å²) in [6.45, 7) is 1.60. The van der Waals surface area contributed by atoms with Crippen molar-refractivity contribution in [3.63, 3.8) is 0 Å². The van der Waals surface area contributed by atoms with Gasteiger partial charge < -0.3 is 10.2 Å². The van der Waals surface area contributed by atoms with E-state index in [-0.39, 0.29) is 5.82 Å². The van der Waals surface area contributed by atoms with Crippen molar-refractivity contribution in [2.45, 2.75) is 19.6 Å². The Labute approximate surface area is 150 Å². The third-order valence-corrected chi connectivity index (χ3v) is 4.57. The molecule has 3 heterocycles. The number of nitriles is 1. The standard InChI is InChI=1S/C19H17FN6/c1-25-15(6-7-23-25)9-22-19-8-16(13-2-4-14(20)5-3-13)17-10-26(12-21)11-18(17)24-19/h2-8H,9-11H2,1H3,(H,22,24). The van der Waals surface area contributed by atoms with Gasteiger partial charge in [0, 0.05) is 18.8 Å². The Morgan fingerprint density at radius 3 is 2.73 bits per heavy atom. The van der Waals surface area contributed by atoms with Gasteiger partial charge in [0.2, 0.25) is 0 Å². The lowest BCUT2D eigenvalue weighted by Crippen LogP contribution is -2.08. The summed E-state index contributed by atoms with van der Waals surface area (Å²) < 4.78 is 15.1. The van der Waals surface area contributed by atoms with Crippen LogP contribution in [0.1, 0.15) is 17.0 Å². The molecule has 26 heavy (non-hydrogen) atoms. The maximum Gasteiger partial charge on any atom is 0.180 e. The van der Waals surface area contributed by atoms with Crippen molar-refractivity contribution in [3.05, 3.63) is 65.4 Å². The van der Waals surface area contributed by atoms with E-state index in [1.807, 2.05) is 19.2 Å². The minimum Gasteiger partial charge on any atom is -0.364 e. The fraction of sp³-hybridized carbons (Fsp3) is 0.211. The van der Waals surface area contributed by atoms with Crippen molar-refractivity contribution in [3.8, 4) is 17.3 Å². The van der Waals surface area contributed by atoms with Gasteiger partial charge >= 0.3 is 0 Å². The zero-order valence-electron chi connectivity index (χ0n) is 14.3. The van der Waals surface area contributed by atoms with Crippen LogP contribution in [0.25, 0.3) is 11.1 Å². The van der Waals surface area contributed by atoms with E-state index in [4.69, 9.17) is 0 Å². The molecule has 0 saturated carbocycles. The molecule has 0 amide bonds. The number of fused-ring (bicyclic) bond motifs is 1. The first-order chi connectivity index (χ1) is 12.6. The first-order valence-electron chi connectivity index (χ1n) is 8.28. The molecule has 7 heteroatoms. The fourth-order valence-corrected chi connectivity index (χ4v) is 3.16. The Bertz CT molecular complexity index is 986. The van der Waals surface area contributed by atoms with Crippen molar-refractivity contribution in [1.82, 2.24) is 19.7 Å². The summed E-state index contributed by atoms with van der Waals surface area (Å²) in [5.74, 6) is 0.455. The number of aromatic nitrogens is 3. The van der Waals surface area contributed by atoms with Gasteiger partial charge in [-0.25, -0.2) is 9.37 Å². The number of hydrogen-bond acceptors (Lipinski definition) is 5. The minimum absolute atomic E-state index is 0.271. The molecule has 1 N–H and O–H groups in total. The molecular formula is C19H17FN6. The minimum atomic E-state index is -0.271. The average molecular weight is 348 g/mol. The summed E-state index contributed by atoms with van der Waals surface area (Å²) in [5, 5.41) is 16.7. The van der Waals surface area contributed by atoms with Crippen LogP contribution in [0, 0.1) is 17.3 Å². The van der Waals surface area contributed by atoms with Crippen LogP contribution in [-0.2, 0) is 26.7 Å². The molecule has 0 unspecified atom stereocenters. The highest BCUT2D eigenvalue weighted by molar-refractivity contribution is 5.72. The summed E-state index contributed by atoms with van der Waals surface area (Å²) >= 11 is 0. The molecule has 0 saturated heterocycles. The summed E-state index contributed by atoms with van der Waals surface area (Å²) in [5.41, 5.74) is 4.81.